The Bertz CT molecular complexity index is 558. The van der Waals surface area contributed by atoms with Gasteiger partial charge < -0.3 is 16.0 Å². The van der Waals surface area contributed by atoms with Crippen molar-refractivity contribution in [1.82, 2.24) is 16.0 Å². The highest BCUT2D eigenvalue weighted by atomic mass is 19.1. The van der Waals surface area contributed by atoms with Crippen LogP contribution in [0.2, 0.25) is 0 Å². The van der Waals surface area contributed by atoms with Crippen molar-refractivity contribution < 1.29 is 18.8 Å². The van der Waals surface area contributed by atoms with Crippen molar-refractivity contribution in [2.75, 3.05) is 13.1 Å². The summed E-state index contributed by atoms with van der Waals surface area (Å²) in [4.78, 5) is 34.5. The molecule has 1 saturated carbocycles. The summed E-state index contributed by atoms with van der Waals surface area (Å²) in [6.07, 6.45) is 1.94. The van der Waals surface area contributed by atoms with Crippen LogP contribution in [-0.4, -0.2) is 36.9 Å². The van der Waals surface area contributed by atoms with E-state index < -0.39 is 17.6 Å². The molecule has 1 aromatic rings. The van der Waals surface area contributed by atoms with Crippen LogP contribution in [0.5, 0.6) is 0 Å². The van der Waals surface area contributed by atoms with E-state index in [4.69, 9.17) is 0 Å². The molecule has 0 heterocycles. The quantitative estimate of drug-likeness (QED) is 0.687. The molecule has 3 N–H and O–H groups in total. The van der Waals surface area contributed by atoms with Gasteiger partial charge in [-0.05, 0) is 25.0 Å². The number of amides is 3. The van der Waals surface area contributed by atoms with Crippen molar-refractivity contribution in [1.29, 1.82) is 0 Å². The minimum Gasteiger partial charge on any atom is -0.352 e. The van der Waals surface area contributed by atoms with Gasteiger partial charge in [0.1, 0.15) is 5.82 Å². The van der Waals surface area contributed by atoms with E-state index in [9.17, 15) is 18.8 Å². The number of hydrogen-bond acceptors (Lipinski definition) is 3. The molecular weight excluding hydrogens is 277 g/mol. The van der Waals surface area contributed by atoms with E-state index in [0.29, 0.717) is 0 Å². The summed E-state index contributed by atoms with van der Waals surface area (Å²) in [5.74, 6) is -2.10. The fourth-order valence-electron chi connectivity index (χ4n) is 1.65. The largest absolute Gasteiger partial charge is 0.352 e. The van der Waals surface area contributed by atoms with Gasteiger partial charge >= 0.3 is 0 Å². The Balaban J connectivity index is 1.69. The lowest BCUT2D eigenvalue weighted by Gasteiger charge is -2.07. The second-order valence-electron chi connectivity index (χ2n) is 4.78. The molecule has 0 spiro atoms. The minimum atomic E-state index is -0.675. The normalized spacial score (nSPS) is 13.4. The van der Waals surface area contributed by atoms with Crippen molar-refractivity contribution >= 4 is 17.7 Å². The van der Waals surface area contributed by atoms with Crippen LogP contribution in [-0.2, 0) is 9.59 Å². The lowest BCUT2D eigenvalue weighted by Crippen LogP contribution is -2.42. The van der Waals surface area contributed by atoms with E-state index in [2.05, 4.69) is 16.0 Å². The highest BCUT2D eigenvalue weighted by molar-refractivity contribution is 5.97. The predicted molar refractivity (Wildman–Crippen MR) is 72.9 cm³/mol. The van der Waals surface area contributed by atoms with E-state index in [1.54, 1.807) is 0 Å². The third kappa shape index (κ3) is 4.87. The van der Waals surface area contributed by atoms with Crippen LogP contribution in [0.15, 0.2) is 24.3 Å². The van der Waals surface area contributed by atoms with Gasteiger partial charge in [-0.3, -0.25) is 14.4 Å². The van der Waals surface area contributed by atoms with Crippen LogP contribution < -0.4 is 16.0 Å². The molecule has 112 valence electrons. The number of halogens is 1. The molecule has 2 rings (SSSR count). The van der Waals surface area contributed by atoms with Gasteiger partial charge in [-0.25, -0.2) is 4.39 Å². The molecule has 1 aliphatic rings. The Kier molecular flexibility index (Phi) is 4.86. The molecule has 6 nitrogen and oxygen atoms in total. The summed E-state index contributed by atoms with van der Waals surface area (Å²) in [5.41, 5.74) is -0.128. The number of rotatable bonds is 6. The highest BCUT2D eigenvalue weighted by Crippen LogP contribution is 2.18. The van der Waals surface area contributed by atoms with Crippen LogP contribution >= 0.6 is 0 Å². The van der Waals surface area contributed by atoms with Gasteiger partial charge in [-0.15, -0.1) is 0 Å². The molecule has 1 aliphatic carbocycles. The third-order valence-electron chi connectivity index (χ3n) is 2.92. The Hall–Kier alpha value is -2.44. The summed E-state index contributed by atoms with van der Waals surface area (Å²) in [7, 11) is 0. The molecule has 1 fully saturated rings. The van der Waals surface area contributed by atoms with Crippen molar-refractivity contribution in [3.8, 4) is 0 Å². The van der Waals surface area contributed by atoms with E-state index in [1.807, 2.05) is 0 Å². The van der Waals surface area contributed by atoms with Gasteiger partial charge in [0.15, 0.2) is 0 Å². The monoisotopic (exact) mass is 293 g/mol. The highest BCUT2D eigenvalue weighted by Gasteiger charge is 2.23. The minimum absolute atomic E-state index is 0.128. The van der Waals surface area contributed by atoms with Crippen LogP contribution in [0.1, 0.15) is 23.2 Å². The molecule has 0 radical (unpaired) electrons. The van der Waals surface area contributed by atoms with Crippen molar-refractivity contribution in [3.05, 3.63) is 35.6 Å². The van der Waals surface area contributed by atoms with E-state index >= 15 is 0 Å². The molecule has 21 heavy (non-hydrogen) atoms. The first kappa shape index (κ1) is 15.0. The van der Waals surface area contributed by atoms with Gasteiger partial charge in [0.2, 0.25) is 11.8 Å². The lowest BCUT2D eigenvalue weighted by atomic mass is 10.2. The van der Waals surface area contributed by atoms with Gasteiger partial charge in [-0.1, -0.05) is 12.1 Å². The zero-order chi connectivity index (χ0) is 15.2. The summed E-state index contributed by atoms with van der Waals surface area (Å²) < 4.78 is 13.3. The summed E-state index contributed by atoms with van der Waals surface area (Å²) in [6.45, 7) is -0.450. The zero-order valence-electron chi connectivity index (χ0n) is 11.3. The maximum Gasteiger partial charge on any atom is 0.254 e. The Morgan fingerprint density at radius 3 is 2.38 bits per heavy atom. The smallest absolute Gasteiger partial charge is 0.254 e. The van der Waals surface area contributed by atoms with Gasteiger partial charge in [0.25, 0.3) is 5.91 Å². The summed E-state index contributed by atoms with van der Waals surface area (Å²) in [6, 6.07) is 5.72. The SMILES string of the molecule is O=C(CNC(=O)c1ccccc1F)NCC(=O)NC1CC1. The number of carbonyl (C=O) groups is 3. The van der Waals surface area contributed by atoms with Crippen LogP contribution in [0.25, 0.3) is 0 Å². The molecule has 0 atom stereocenters. The lowest BCUT2D eigenvalue weighted by molar-refractivity contribution is -0.125. The number of benzene rings is 1. The average molecular weight is 293 g/mol. The topological polar surface area (TPSA) is 87.3 Å². The molecule has 7 heteroatoms. The molecule has 0 bridgehead atoms. The van der Waals surface area contributed by atoms with Gasteiger partial charge in [0.05, 0.1) is 18.7 Å². The van der Waals surface area contributed by atoms with Gasteiger partial charge in [-0.2, -0.15) is 0 Å². The summed E-state index contributed by atoms with van der Waals surface area (Å²) >= 11 is 0. The standard InChI is InChI=1S/C14H16FN3O3/c15-11-4-2-1-3-10(11)14(21)17-7-12(19)16-8-13(20)18-9-5-6-9/h1-4,9H,5-8H2,(H,16,19)(H,17,21)(H,18,20). The Morgan fingerprint density at radius 2 is 1.71 bits per heavy atom. The zero-order valence-corrected chi connectivity index (χ0v) is 11.3. The maximum absolute atomic E-state index is 13.3. The molecular formula is C14H16FN3O3. The first-order valence-electron chi connectivity index (χ1n) is 6.65. The molecule has 3 amide bonds. The second kappa shape index (κ2) is 6.83. The van der Waals surface area contributed by atoms with E-state index in [0.717, 1.165) is 18.9 Å². The summed E-state index contributed by atoms with van der Waals surface area (Å²) in [5, 5.41) is 7.39. The molecule has 0 saturated heterocycles. The first-order valence-corrected chi connectivity index (χ1v) is 6.65. The van der Waals surface area contributed by atoms with Crippen molar-refractivity contribution in [2.45, 2.75) is 18.9 Å². The van der Waals surface area contributed by atoms with Crippen LogP contribution in [0.3, 0.4) is 0 Å². The van der Waals surface area contributed by atoms with Crippen LogP contribution in [0, 0.1) is 5.82 Å². The Morgan fingerprint density at radius 1 is 1.05 bits per heavy atom. The second-order valence-corrected chi connectivity index (χ2v) is 4.78. The molecule has 1 aromatic carbocycles. The third-order valence-corrected chi connectivity index (χ3v) is 2.92. The van der Waals surface area contributed by atoms with Gasteiger partial charge in [0, 0.05) is 6.04 Å². The Labute approximate surface area is 121 Å². The number of nitrogens with one attached hydrogen (secondary N) is 3. The maximum atomic E-state index is 13.3. The van der Waals surface area contributed by atoms with E-state index in [1.165, 1.54) is 18.2 Å². The number of hydrogen-bond donors (Lipinski definition) is 3. The molecule has 0 aliphatic heterocycles. The fraction of sp³-hybridized carbons (Fsp3) is 0.357. The van der Waals surface area contributed by atoms with Crippen molar-refractivity contribution in [3.63, 3.8) is 0 Å². The predicted octanol–water partition coefficient (Wildman–Crippen LogP) is -0.0497. The van der Waals surface area contributed by atoms with Crippen LogP contribution in [0.4, 0.5) is 4.39 Å². The van der Waals surface area contributed by atoms with E-state index in [-0.39, 0.29) is 30.6 Å². The number of carbonyl (C=O) groups excluding carboxylic acids is 3. The molecule has 0 unspecified atom stereocenters. The first-order chi connectivity index (χ1) is 10.1. The average Bonchev–Trinajstić information content (AvgIpc) is 3.27. The molecule has 0 aromatic heterocycles. The van der Waals surface area contributed by atoms with Crippen molar-refractivity contribution in [2.24, 2.45) is 0 Å². The fourth-order valence-corrected chi connectivity index (χ4v) is 1.65.